The van der Waals surface area contributed by atoms with Gasteiger partial charge in [-0.3, -0.25) is 0 Å². The van der Waals surface area contributed by atoms with Crippen molar-refractivity contribution in [2.75, 3.05) is 6.61 Å². The number of hydrogen-bond donors (Lipinski definition) is 0. The highest BCUT2D eigenvalue weighted by molar-refractivity contribution is 6.31. The minimum atomic E-state index is -0.247. The second-order valence-corrected chi connectivity index (χ2v) is 8.22. The molecular formula is C23H23ClO2. The van der Waals surface area contributed by atoms with Crippen molar-refractivity contribution in [1.82, 2.24) is 0 Å². The molecule has 0 amide bonds. The molecule has 4 rings (SSSR count). The molecule has 3 heteroatoms. The molecule has 2 atom stereocenters. The lowest BCUT2D eigenvalue weighted by Crippen LogP contribution is -2.14. The van der Waals surface area contributed by atoms with E-state index in [1.807, 2.05) is 31.2 Å². The quantitative estimate of drug-likeness (QED) is 0.518. The van der Waals surface area contributed by atoms with E-state index in [1.54, 1.807) is 0 Å². The minimum absolute atomic E-state index is 0.193. The Bertz CT molecular complexity index is 893. The third-order valence-electron chi connectivity index (χ3n) is 5.99. The van der Waals surface area contributed by atoms with Crippen molar-refractivity contribution in [2.24, 2.45) is 17.3 Å². The van der Waals surface area contributed by atoms with Crippen molar-refractivity contribution in [2.45, 2.75) is 27.2 Å². The van der Waals surface area contributed by atoms with Gasteiger partial charge in [-0.05, 0) is 65.0 Å². The van der Waals surface area contributed by atoms with Gasteiger partial charge in [0.15, 0.2) is 0 Å². The maximum Gasteiger partial charge on any atom is 0.339 e. The van der Waals surface area contributed by atoms with Crippen LogP contribution in [0, 0.1) is 17.3 Å². The SMILES string of the molecule is CCOC(=O)/C(=C1/c2ccccc2C[C@@H]2[C@H]1C2(C)C)c1ccc(Cl)cc1. The van der Waals surface area contributed by atoms with Crippen LogP contribution < -0.4 is 0 Å². The van der Waals surface area contributed by atoms with Gasteiger partial charge in [-0.2, -0.15) is 0 Å². The number of carbonyl (C=O) groups is 1. The zero-order valence-electron chi connectivity index (χ0n) is 15.4. The fourth-order valence-electron chi connectivity index (χ4n) is 4.56. The molecule has 2 aromatic rings. The molecule has 134 valence electrons. The molecule has 0 aromatic heterocycles. The monoisotopic (exact) mass is 366 g/mol. The summed E-state index contributed by atoms with van der Waals surface area (Å²) >= 11 is 6.07. The van der Waals surface area contributed by atoms with E-state index in [-0.39, 0.29) is 11.4 Å². The largest absolute Gasteiger partial charge is 0.462 e. The molecule has 0 saturated heterocycles. The van der Waals surface area contributed by atoms with Crippen LogP contribution in [-0.4, -0.2) is 12.6 Å². The van der Waals surface area contributed by atoms with Crippen LogP contribution in [0.3, 0.4) is 0 Å². The summed E-state index contributed by atoms with van der Waals surface area (Å²) in [7, 11) is 0. The van der Waals surface area contributed by atoms with Crippen molar-refractivity contribution >= 4 is 28.7 Å². The first-order chi connectivity index (χ1) is 12.4. The maximum atomic E-state index is 13.0. The van der Waals surface area contributed by atoms with Crippen molar-refractivity contribution in [3.05, 3.63) is 70.2 Å². The fraction of sp³-hybridized carbons (Fsp3) is 0.348. The molecule has 26 heavy (non-hydrogen) atoms. The molecule has 0 bridgehead atoms. The van der Waals surface area contributed by atoms with E-state index in [1.165, 1.54) is 11.1 Å². The molecular weight excluding hydrogens is 344 g/mol. The summed E-state index contributed by atoms with van der Waals surface area (Å²) in [5, 5.41) is 0.663. The van der Waals surface area contributed by atoms with Gasteiger partial charge in [-0.25, -0.2) is 4.79 Å². The Balaban J connectivity index is 1.98. The minimum Gasteiger partial charge on any atom is -0.462 e. The molecule has 0 aliphatic heterocycles. The zero-order chi connectivity index (χ0) is 18.5. The van der Waals surface area contributed by atoms with Gasteiger partial charge >= 0.3 is 5.97 Å². The Morgan fingerprint density at radius 1 is 1.15 bits per heavy atom. The van der Waals surface area contributed by atoms with Crippen molar-refractivity contribution in [3.63, 3.8) is 0 Å². The van der Waals surface area contributed by atoms with E-state index < -0.39 is 0 Å². The van der Waals surface area contributed by atoms with Crippen LogP contribution in [-0.2, 0) is 16.0 Å². The third-order valence-corrected chi connectivity index (χ3v) is 6.24. The first kappa shape index (κ1) is 17.4. The van der Waals surface area contributed by atoms with Gasteiger partial charge in [0.2, 0.25) is 0 Å². The maximum absolute atomic E-state index is 13.0. The van der Waals surface area contributed by atoms with Crippen LogP contribution >= 0.6 is 11.6 Å². The predicted octanol–water partition coefficient (Wildman–Crippen LogP) is 5.64. The van der Waals surface area contributed by atoms with E-state index >= 15 is 0 Å². The van der Waals surface area contributed by atoms with Gasteiger partial charge in [0.25, 0.3) is 0 Å². The summed E-state index contributed by atoms with van der Waals surface area (Å²) in [6, 6.07) is 16.0. The van der Waals surface area contributed by atoms with E-state index in [0.29, 0.717) is 29.0 Å². The second-order valence-electron chi connectivity index (χ2n) is 7.78. The number of rotatable bonds is 3. The summed E-state index contributed by atoms with van der Waals surface area (Å²) in [5.74, 6) is 0.708. The second kappa shape index (κ2) is 6.28. The van der Waals surface area contributed by atoms with Crippen molar-refractivity contribution in [1.29, 1.82) is 0 Å². The zero-order valence-corrected chi connectivity index (χ0v) is 16.1. The van der Waals surface area contributed by atoms with Crippen molar-refractivity contribution < 1.29 is 9.53 Å². The molecule has 2 aliphatic carbocycles. The highest BCUT2D eigenvalue weighted by Gasteiger charge is 2.61. The number of hydrogen-bond acceptors (Lipinski definition) is 2. The molecule has 2 aliphatic rings. The van der Waals surface area contributed by atoms with Gasteiger partial charge in [0.1, 0.15) is 0 Å². The number of fused-ring (bicyclic) bond motifs is 2. The molecule has 0 heterocycles. The van der Waals surface area contributed by atoms with Gasteiger partial charge in [0.05, 0.1) is 12.2 Å². The standard InChI is InChI=1S/C23H23ClO2/c1-4-26-22(25)19(14-9-11-16(24)12-10-14)20-17-8-6-5-7-15(17)13-18-21(20)23(18,2)3/h5-12,18,21H,4,13H2,1-3H3/b20-19-/t18-,21-/m1/s1. The number of halogens is 1. The number of esters is 1. The third kappa shape index (κ3) is 2.68. The normalized spacial score (nSPS) is 24.3. The van der Waals surface area contributed by atoms with Gasteiger partial charge in [0, 0.05) is 5.02 Å². The van der Waals surface area contributed by atoms with Crippen LogP contribution in [0.5, 0.6) is 0 Å². The highest BCUT2D eigenvalue weighted by atomic mass is 35.5. The Labute approximate surface area is 159 Å². The van der Waals surface area contributed by atoms with E-state index in [0.717, 1.165) is 17.6 Å². The molecule has 0 radical (unpaired) electrons. The molecule has 0 unspecified atom stereocenters. The molecule has 0 spiro atoms. The number of benzene rings is 2. The average molecular weight is 367 g/mol. The topological polar surface area (TPSA) is 26.3 Å². The molecule has 1 saturated carbocycles. The highest BCUT2D eigenvalue weighted by Crippen LogP contribution is 2.68. The summed E-state index contributed by atoms with van der Waals surface area (Å²) in [6.07, 6.45) is 1.08. The summed E-state index contributed by atoms with van der Waals surface area (Å²) < 4.78 is 5.46. The van der Waals surface area contributed by atoms with Crippen LogP contribution in [0.1, 0.15) is 37.5 Å². The van der Waals surface area contributed by atoms with Gasteiger partial charge in [-0.15, -0.1) is 0 Å². The molecule has 2 aromatic carbocycles. The Morgan fingerprint density at radius 2 is 1.85 bits per heavy atom. The van der Waals surface area contributed by atoms with Crippen LogP contribution in [0.15, 0.2) is 48.5 Å². The van der Waals surface area contributed by atoms with Crippen LogP contribution in [0.4, 0.5) is 0 Å². The van der Waals surface area contributed by atoms with E-state index in [9.17, 15) is 4.79 Å². The first-order valence-corrected chi connectivity index (χ1v) is 9.58. The molecule has 0 N–H and O–H groups in total. The van der Waals surface area contributed by atoms with Crippen LogP contribution in [0.2, 0.25) is 5.02 Å². The lowest BCUT2D eigenvalue weighted by Gasteiger charge is -2.22. The smallest absolute Gasteiger partial charge is 0.339 e. The lowest BCUT2D eigenvalue weighted by atomic mass is 9.82. The number of allylic oxidation sites excluding steroid dienone is 1. The van der Waals surface area contributed by atoms with Gasteiger partial charge < -0.3 is 4.74 Å². The molecule has 1 fully saturated rings. The summed E-state index contributed by atoms with van der Waals surface area (Å²) in [5.41, 5.74) is 5.42. The van der Waals surface area contributed by atoms with Crippen LogP contribution in [0.25, 0.3) is 11.1 Å². The lowest BCUT2D eigenvalue weighted by molar-refractivity contribution is -0.136. The van der Waals surface area contributed by atoms with Crippen molar-refractivity contribution in [3.8, 4) is 0 Å². The fourth-order valence-corrected chi connectivity index (χ4v) is 4.68. The number of carbonyl (C=O) groups excluding carboxylic acids is 1. The summed E-state index contributed by atoms with van der Waals surface area (Å²) in [4.78, 5) is 13.0. The average Bonchev–Trinajstić information content (AvgIpc) is 3.17. The Hall–Kier alpha value is -2.06. The van der Waals surface area contributed by atoms with E-state index in [2.05, 4.69) is 38.1 Å². The molecule has 2 nitrogen and oxygen atoms in total. The van der Waals surface area contributed by atoms with Gasteiger partial charge in [-0.1, -0.05) is 61.8 Å². The summed E-state index contributed by atoms with van der Waals surface area (Å²) in [6.45, 7) is 6.82. The number of ether oxygens (including phenoxy) is 1. The predicted molar refractivity (Wildman–Crippen MR) is 106 cm³/mol. The first-order valence-electron chi connectivity index (χ1n) is 9.20. The Kier molecular flexibility index (Phi) is 4.19. The van der Waals surface area contributed by atoms with E-state index in [4.69, 9.17) is 16.3 Å². The Morgan fingerprint density at radius 3 is 2.54 bits per heavy atom.